The van der Waals surface area contributed by atoms with Gasteiger partial charge in [-0.3, -0.25) is 0 Å². The Labute approximate surface area is 165 Å². The molecule has 2 aliphatic carbocycles. The van der Waals surface area contributed by atoms with Gasteiger partial charge in [-0.25, -0.2) is 0 Å². The smallest absolute Gasteiger partial charge is 0.370 e. The predicted octanol–water partition coefficient (Wildman–Crippen LogP) is 6.01. The third-order valence-electron chi connectivity index (χ3n) is 5.19. The van der Waals surface area contributed by atoms with Crippen molar-refractivity contribution in [2.45, 2.75) is 37.4 Å². The van der Waals surface area contributed by atoms with Crippen molar-refractivity contribution in [3.05, 3.63) is 71.9 Å². The lowest BCUT2D eigenvalue weighted by Crippen LogP contribution is -2.52. The summed E-state index contributed by atoms with van der Waals surface area (Å²) in [5.74, 6) is 0. The molecule has 0 N–H and O–H groups in total. The van der Waals surface area contributed by atoms with Crippen LogP contribution in [0.1, 0.15) is 13.8 Å². The average Bonchev–Trinajstić information content (AvgIpc) is 2.91. The number of hydrogen-bond donors (Lipinski definition) is 0. The second-order valence-electron chi connectivity index (χ2n) is 7.15. The molecule has 0 spiro atoms. The van der Waals surface area contributed by atoms with E-state index >= 15 is 0 Å². The van der Waals surface area contributed by atoms with Gasteiger partial charge in [0, 0.05) is 14.2 Å². The first-order valence-electron chi connectivity index (χ1n) is 8.67. The molecular weight excluding hydrogens is 398 g/mol. The standard InChI is InChI=1S/C21H22F6O2/c1-17(28-3)11-5-7-15(9-13-17)19(20(22,23)24,21(25,26)27)16-8-6-12-18(2,29-4)14-10-16/h5-14H,1-4H3. The van der Waals surface area contributed by atoms with Crippen molar-refractivity contribution < 1.29 is 35.8 Å². The van der Waals surface area contributed by atoms with Crippen LogP contribution in [0, 0.1) is 5.41 Å². The molecular formula is C21H22F6O2. The summed E-state index contributed by atoms with van der Waals surface area (Å²) in [5, 5.41) is 0. The molecule has 2 atom stereocenters. The molecule has 2 nitrogen and oxygen atoms in total. The van der Waals surface area contributed by atoms with E-state index in [2.05, 4.69) is 0 Å². The summed E-state index contributed by atoms with van der Waals surface area (Å²) in [6.45, 7) is 3.05. The molecule has 8 heteroatoms. The Morgan fingerprint density at radius 2 is 1.00 bits per heavy atom. The van der Waals surface area contributed by atoms with Gasteiger partial charge in [0.25, 0.3) is 0 Å². The number of rotatable bonds is 4. The molecule has 0 amide bonds. The normalized spacial score (nSPS) is 28.1. The van der Waals surface area contributed by atoms with Gasteiger partial charge >= 0.3 is 12.4 Å². The van der Waals surface area contributed by atoms with Crippen LogP contribution in [0.3, 0.4) is 0 Å². The van der Waals surface area contributed by atoms with Crippen molar-refractivity contribution in [3.63, 3.8) is 0 Å². The minimum absolute atomic E-state index is 0.820. The van der Waals surface area contributed by atoms with Crippen molar-refractivity contribution in [1.29, 1.82) is 0 Å². The van der Waals surface area contributed by atoms with Crippen molar-refractivity contribution in [2.75, 3.05) is 14.2 Å². The Kier molecular flexibility index (Phi) is 6.12. The number of ether oxygens (including phenoxy) is 2. The zero-order valence-electron chi connectivity index (χ0n) is 16.4. The van der Waals surface area contributed by atoms with E-state index in [4.69, 9.17) is 9.47 Å². The van der Waals surface area contributed by atoms with Gasteiger partial charge in [-0.05, 0) is 49.3 Å². The Hall–Kier alpha value is -2.06. The summed E-state index contributed by atoms with van der Waals surface area (Å²) >= 11 is 0. The van der Waals surface area contributed by atoms with Crippen LogP contribution < -0.4 is 0 Å². The van der Waals surface area contributed by atoms with E-state index in [1.165, 1.54) is 52.4 Å². The number of alkyl halides is 6. The number of halogens is 6. The molecule has 0 saturated heterocycles. The second-order valence-corrected chi connectivity index (χ2v) is 7.15. The van der Waals surface area contributed by atoms with E-state index in [-0.39, 0.29) is 0 Å². The van der Waals surface area contributed by atoms with Crippen LogP contribution in [0.4, 0.5) is 26.3 Å². The van der Waals surface area contributed by atoms with E-state index in [9.17, 15) is 26.3 Å². The lowest BCUT2D eigenvalue weighted by Gasteiger charge is -2.39. The number of hydrogen-bond acceptors (Lipinski definition) is 2. The van der Waals surface area contributed by atoms with Crippen LogP contribution in [0.2, 0.25) is 0 Å². The fraction of sp³-hybridized carbons (Fsp3) is 0.429. The van der Waals surface area contributed by atoms with E-state index in [1.54, 1.807) is 0 Å². The van der Waals surface area contributed by atoms with Crippen LogP contribution >= 0.6 is 0 Å². The highest BCUT2D eigenvalue weighted by molar-refractivity contribution is 5.51. The molecule has 0 aliphatic heterocycles. The fourth-order valence-corrected chi connectivity index (χ4v) is 3.17. The van der Waals surface area contributed by atoms with E-state index in [0.29, 0.717) is 0 Å². The maximum Gasteiger partial charge on any atom is 0.411 e. The van der Waals surface area contributed by atoms with Gasteiger partial charge < -0.3 is 9.47 Å². The monoisotopic (exact) mass is 420 g/mol. The Morgan fingerprint density at radius 1 is 0.655 bits per heavy atom. The molecule has 29 heavy (non-hydrogen) atoms. The van der Waals surface area contributed by atoms with Crippen molar-refractivity contribution in [3.8, 4) is 0 Å². The molecule has 0 bridgehead atoms. The zero-order valence-corrected chi connectivity index (χ0v) is 16.4. The molecule has 2 rings (SSSR count). The topological polar surface area (TPSA) is 18.5 Å². The molecule has 0 aromatic heterocycles. The lowest BCUT2D eigenvalue weighted by molar-refractivity contribution is -0.308. The highest BCUT2D eigenvalue weighted by Crippen LogP contribution is 2.60. The van der Waals surface area contributed by atoms with Crippen LogP contribution in [-0.2, 0) is 9.47 Å². The summed E-state index contributed by atoms with van der Waals surface area (Å²) in [5.41, 5.74) is -8.42. The maximum atomic E-state index is 14.3. The second kappa shape index (κ2) is 7.65. The third-order valence-corrected chi connectivity index (χ3v) is 5.19. The summed E-state index contributed by atoms with van der Waals surface area (Å²) in [6.07, 6.45) is -0.659. The Morgan fingerprint density at radius 3 is 1.28 bits per heavy atom. The number of methoxy groups -OCH3 is 2. The van der Waals surface area contributed by atoms with E-state index in [1.807, 2.05) is 0 Å². The fourth-order valence-electron chi connectivity index (χ4n) is 3.17. The first-order valence-corrected chi connectivity index (χ1v) is 8.67. The zero-order chi connectivity index (χ0) is 22.1. The van der Waals surface area contributed by atoms with Gasteiger partial charge in [0.1, 0.15) is 11.2 Å². The third kappa shape index (κ3) is 4.14. The van der Waals surface area contributed by atoms with Gasteiger partial charge in [0.05, 0.1) is 0 Å². The predicted molar refractivity (Wildman–Crippen MR) is 98.1 cm³/mol. The summed E-state index contributed by atoms with van der Waals surface area (Å²) in [4.78, 5) is 0. The largest absolute Gasteiger partial charge is 0.411 e. The van der Waals surface area contributed by atoms with Gasteiger partial charge in [-0.15, -0.1) is 0 Å². The minimum Gasteiger partial charge on any atom is -0.370 e. The summed E-state index contributed by atoms with van der Waals surface area (Å²) < 4.78 is 96.0. The first kappa shape index (κ1) is 23.2. The molecule has 0 aromatic carbocycles. The molecule has 0 radical (unpaired) electrons. The first-order chi connectivity index (χ1) is 13.2. The molecule has 0 aromatic rings. The van der Waals surface area contributed by atoms with Gasteiger partial charge in [0.2, 0.25) is 5.41 Å². The van der Waals surface area contributed by atoms with Crippen LogP contribution in [0.15, 0.2) is 71.9 Å². The SMILES string of the molecule is COC1(C)C=CC=C(C(C2=CC=CC(C)(OC)C=C2)(C(F)(F)F)C(F)(F)F)C=C1. The summed E-state index contributed by atoms with van der Waals surface area (Å²) in [7, 11) is 2.63. The van der Waals surface area contributed by atoms with Crippen LogP contribution in [0.25, 0.3) is 0 Å². The number of allylic oxidation sites excluding steroid dienone is 8. The Bertz CT molecular complexity index is 742. The highest BCUT2D eigenvalue weighted by atomic mass is 19.4. The van der Waals surface area contributed by atoms with E-state index in [0.717, 1.165) is 36.5 Å². The van der Waals surface area contributed by atoms with Crippen LogP contribution in [-0.4, -0.2) is 37.8 Å². The van der Waals surface area contributed by atoms with Gasteiger partial charge in [0.15, 0.2) is 0 Å². The molecule has 160 valence electrons. The van der Waals surface area contributed by atoms with Crippen molar-refractivity contribution in [1.82, 2.24) is 0 Å². The van der Waals surface area contributed by atoms with Gasteiger partial charge in [-0.2, -0.15) is 26.3 Å². The maximum absolute atomic E-state index is 14.3. The molecule has 0 saturated carbocycles. The van der Waals surface area contributed by atoms with Crippen molar-refractivity contribution in [2.24, 2.45) is 5.41 Å². The average molecular weight is 420 g/mol. The lowest BCUT2D eigenvalue weighted by atomic mass is 9.71. The quantitative estimate of drug-likeness (QED) is 0.519. The summed E-state index contributed by atoms with van der Waals surface area (Å²) in [6, 6.07) is 0. The van der Waals surface area contributed by atoms with Crippen molar-refractivity contribution >= 4 is 0 Å². The van der Waals surface area contributed by atoms with Gasteiger partial charge in [-0.1, -0.05) is 36.5 Å². The molecule has 2 unspecified atom stereocenters. The molecule has 2 aliphatic rings. The molecule has 0 heterocycles. The van der Waals surface area contributed by atoms with Crippen LogP contribution in [0.5, 0.6) is 0 Å². The minimum atomic E-state index is -5.67. The molecule has 0 fully saturated rings. The highest BCUT2D eigenvalue weighted by Gasteiger charge is 2.73. The Balaban J connectivity index is 2.80. The van der Waals surface area contributed by atoms with E-state index < -0.39 is 40.1 Å².